The average molecular weight is 171 g/mol. The van der Waals surface area contributed by atoms with Gasteiger partial charge in [-0.3, -0.25) is 0 Å². The molecule has 1 heterocycles. The Morgan fingerprint density at radius 1 is 1.23 bits per heavy atom. The van der Waals surface area contributed by atoms with Crippen molar-refractivity contribution in [2.75, 3.05) is 0 Å². The lowest BCUT2D eigenvalue weighted by atomic mass is 10.2. The summed E-state index contributed by atoms with van der Waals surface area (Å²) in [4.78, 5) is 0. The molecule has 0 fully saturated rings. The summed E-state index contributed by atoms with van der Waals surface area (Å²) in [7, 11) is 0. The molecule has 0 radical (unpaired) electrons. The van der Waals surface area contributed by atoms with E-state index in [1.54, 1.807) is 6.08 Å². The Kier molecular flexibility index (Phi) is 1.96. The molecular formula is C11H9NO. The van der Waals surface area contributed by atoms with Crippen LogP contribution in [-0.2, 0) is 0 Å². The smallest absolute Gasteiger partial charge is 0.167 e. The molecule has 0 atom stereocenters. The fourth-order valence-corrected chi connectivity index (χ4v) is 1.12. The van der Waals surface area contributed by atoms with Crippen molar-refractivity contribution >= 4 is 6.08 Å². The van der Waals surface area contributed by atoms with E-state index in [1.165, 1.54) is 0 Å². The molecule has 13 heavy (non-hydrogen) atoms. The van der Waals surface area contributed by atoms with Crippen LogP contribution in [0.2, 0.25) is 0 Å². The number of nitrogens with zero attached hydrogens (tertiary/aromatic N) is 1. The monoisotopic (exact) mass is 171 g/mol. The highest BCUT2D eigenvalue weighted by atomic mass is 16.5. The highest BCUT2D eigenvalue weighted by Crippen LogP contribution is 2.19. The van der Waals surface area contributed by atoms with E-state index in [-0.39, 0.29) is 0 Å². The van der Waals surface area contributed by atoms with Crippen LogP contribution >= 0.6 is 0 Å². The molecule has 0 aliphatic carbocycles. The van der Waals surface area contributed by atoms with Gasteiger partial charge in [0.15, 0.2) is 5.76 Å². The number of hydrogen-bond acceptors (Lipinski definition) is 2. The average Bonchev–Trinajstić information content (AvgIpc) is 2.67. The van der Waals surface area contributed by atoms with Gasteiger partial charge in [-0.05, 0) is 6.08 Å². The zero-order valence-electron chi connectivity index (χ0n) is 7.10. The largest absolute Gasteiger partial charge is 0.356 e. The maximum absolute atomic E-state index is 5.12. The van der Waals surface area contributed by atoms with E-state index in [4.69, 9.17) is 4.52 Å². The lowest BCUT2D eigenvalue weighted by molar-refractivity contribution is 0.430. The van der Waals surface area contributed by atoms with Gasteiger partial charge >= 0.3 is 0 Å². The normalized spacial score (nSPS) is 9.85. The van der Waals surface area contributed by atoms with Gasteiger partial charge in [0.2, 0.25) is 0 Å². The second kappa shape index (κ2) is 3.27. The molecule has 0 N–H and O–H groups in total. The summed E-state index contributed by atoms with van der Waals surface area (Å²) in [5, 5.41) is 3.82. The summed E-state index contributed by atoms with van der Waals surface area (Å²) >= 11 is 0. The van der Waals surface area contributed by atoms with Gasteiger partial charge in [0.05, 0.1) is 0 Å². The first-order valence-corrected chi connectivity index (χ1v) is 4.05. The first kappa shape index (κ1) is 7.80. The number of hydrogen-bond donors (Lipinski definition) is 0. The van der Waals surface area contributed by atoms with Crippen LogP contribution < -0.4 is 0 Å². The quantitative estimate of drug-likeness (QED) is 0.694. The molecule has 0 bridgehead atoms. The van der Waals surface area contributed by atoms with E-state index in [0.29, 0.717) is 0 Å². The Labute approximate surface area is 76.5 Å². The summed E-state index contributed by atoms with van der Waals surface area (Å²) in [6.07, 6.45) is 1.66. The molecule has 64 valence electrons. The van der Waals surface area contributed by atoms with E-state index < -0.39 is 0 Å². The predicted molar refractivity (Wildman–Crippen MR) is 52.0 cm³/mol. The highest BCUT2D eigenvalue weighted by Gasteiger charge is 2.02. The van der Waals surface area contributed by atoms with Gasteiger partial charge < -0.3 is 4.52 Å². The Bertz CT molecular complexity index is 403. The number of aromatic nitrogens is 1. The minimum absolute atomic E-state index is 0.763. The lowest BCUT2D eigenvalue weighted by Gasteiger charge is -1.91. The number of rotatable bonds is 2. The van der Waals surface area contributed by atoms with Gasteiger partial charge in [-0.25, -0.2) is 0 Å². The maximum Gasteiger partial charge on any atom is 0.167 e. The van der Waals surface area contributed by atoms with Crippen LogP contribution in [0.15, 0.2) is 47.5 Å². The molecule has 0 amide bonds. The SMILES string of the molecule is C=Cc1cc(-c2ccccc2)on1. The van der Waals surface area contributed by atoms with Crippen molar-refractivity contribution in [1.82, 2.24) is 5.16 Å². The molecule has 0 spiro atoms. The Balaban J connectivity index is 2.41. The van der Waals surface area contributed by atoms with Gasteiger partial charge in [-0.1, -0.05) is 42.1 Å². The summed E-state index contributed by atoms with van der Waals surface area (Å²) in [5.74, 6) is 0.774. The molecule has 0 saturated carbocycles. The third-order valence-electron chi connectivity index (χ3n) is 1.80. The van der Waals surface area contributed by atoms with Gasteiger partial charge in [0.1, 0.15) is 5.69 Å². The van der Waals surface area contributed by atoms with Crippen LogP contribution in [0.5, 0.6) is 0 Å². The second-order valence-electron chi connectivity index (χ2n) is 2.69. The summed E-state index contributed by atoms with van der Waals surface area (Å²) in [6, 6.07) is 11.7. The fraction of sp³-hybridized carbons (Fsp3) is 0. The van der Waals surface area contributed by atoms with Crippen molar-refractivity contribution in [2.45, 2.75) is 0 Å². The molecule has 0 aliphatic heterocycles. The number of benzene rings is 1. The minimum Gasteiger partial charge on any atom is -0.356 e. The van der Waals surface area contributed by atoms with E-state index in [2.05, 4.69) is 11.7 Å². The van der Waals surface area contributed by atoms with Crippen molar-refractivity contribution in [3.63, 3.8) is 0 Å². The van der Waals surface area contributed by atoms with Crippen LogP contribution in [-0.4, -0.2) is 5.16 Å². The first-order chi connectivity index (χ1) is 6.40. The zero-order valence-corrected chi connectivity index (χ0v) is 7.10. The molecule has 2 nitrogen and oxygen atoms in total. The van der Waals surface area contributed by atoms with Gasteiger partial charge in [0.25, 0.3) is 0 Å². The first-order valence-electron chi connectivity index (χ1n) is 4.05. The van der Waals surface area contributed by atoms with Crippen molar-refractivity contribution < 1.29 is 4.52 Å². The summed E-state index contributed by atoms with van der Waals surface area (Å²) in [6.45, 7) is 3.62. The fourth-order valence-electron chi connectivity index (χ4n) is 1.12. The Hall–Kier alpha value is -1.83. The lowest BCUT2D eigenvalue weighted by Crippen LogP contribution is -1.69. The van der Waals surface area contributed by atoms with E-state index in [9.17, 15) is 0 Å². The van der Waals surface area contributed by atoms with E-state index >= 15 is 0 Å². The third kappa shape index (κ3) is 1.51. The van der Waals surface area contributed by atoms with Gasteiger partial charge in [0, 0.05) is 11.6 Å². The Morgan fingerprint density at radius 2 is 2.00 bits per heavy atom. The molecule has 0 unspecified atom stereocenters. The molecule has 1 aromatic heterocycles. The maximum atomic E-state index is 5.12. The molecule has 2 rings (SSSR count). The van der Waals surface area contributed by atoms with Gasteiger partial charge in [-0.2, -0.15) is 0 Å². The molecule has 2 heteroatoms. The van der Waals surface area contributed by atoms with Crippen LogP contribution in [0.3, 0.4) is 0 Å². The molecule has 0 aliphatic rings. The van der Waals surface area contributed by atoms with Crippen LogP contribution in [0, 0.1) is 0 Å². The zero-order chi connectivity index (χ0) is 9.10. The van der Waals surface area contributed by atoms with E-state index in [0.717, 1.165) is 17.0 Å². The summed E-state index contributed by atoms with van der Waals surface area (Å²) < 4.78 is 5.12. The van der Waals surface area contributed by atoms with Crippen molar-refractivity contribution in [2.24, 2.45) is 0 Å². The Morgan fingerprint density at radius 3 is 2.62 bits per heavy atom. The second-order valence-corrected chi connectivity index (χ2v) is 2.69. The third-order valence-corrected chi connectivity index (χ3v) is 1.80. The standard InChI is InChI=1S/C11H9NO/c1-2-10-8-11(13-12-10)9-6-4-3-5-7-9/h2-8H,1H2. The molecular weight excluding hydrogens is 162 g/mol. The van der Waals surface area contributed by atoms with Crippen LogP contribution in [0.1, 0.15) is 5.69 Å². The minimum atomic E-state index is 0.763. The van der Waals surface area contributed by atoms with Crippen molar-refractivity contribution in [3.05, 3.63) is 48.7 Å². The highest BCUT2D eigenvalue weighted by molar-refractivity contribution is 5.59. The molecule has 2 aromatic rings. The van der Waals surface area contributed by atoms with E-state index in [1.807, 2.05) is 36.4 Å². The van der Waals surface area contributed by atoms with Crippen LogP contribution in [0.4, 0.5) is 0 Å². The topological polar surface area (TPSA) is 26.0 Å². The molecule has 1 aromatic carbocycles. The summed E-state index contributed by atoms with van der Waals surface area (Å²) in [5.41, 5.74) is 1.79. The van der Waals surface area contributed by atoms with Gasteiger partial charge in [-0.15, -0.1) is 0 Å². The van der Waals surface area contributed by atoms with Crippen molar-refractivity contribution in [1.29, 1.82) is 0 Å². The van der Waals surface area contributed by atoms with Crippen molar-refractivity contribution in [3.8, 4) is 11.3 Å². The molecule has 0 saturated heterocycles. The predicted octanol–water partition coefficient (Wildman–Crippen LogP) is 2.98. The van der Waals surface area contributed by atoms with Crippen LogP contribution in [0.25, 0.3) is 17.4 Å².